The highest BCUT2D eigenvalue weighted by Gasteiger charge is 2.15. The Morgan fingerprint density at radius 1 is 1.55 bits per heavy atom. The smallest absolute Gasteiger partial charge is 0.0596 e. The topological polar surface area (TPSA) is 29.5 Å². The van der Waals surface area contributed by atoms with Crippen LogP contribution in [0.2, 0.25) is 0 Å². The van der Waals surface area contributed by atoms with Crippen LogP contribution in [0.4, 0.5) is 0 Å². The van der Waals surface area contributed by atoms with Gasteiger partial charge in [-0.2, -0.15) is 0 Å². The first-order valence-electron chi connectivity index (χ1n) is 4.35. The van der Waals surface area contributed by atoms with Gasteiger partial charge in [0.05, 0.1) is 12.2 Å². The van der Waals surface area contributed by atoms with Crippen LogP contribution < -0.4 is 0 Å². The largest absolute Gasteiger partial charge is 0.393 e. The van der Waals surface area contributed by atoms with Crippen LogP contribution in [0.5, 0.6) is 0 Å². The Bertz CT molecular complexity index is 104. The van der Waals surface area contributed by atoms with Crippen LogP contribution in [0.1, 0.15) is 32.1 Å². The molecule has 65 valence electrons. The summed E-state index contributed by atoms with van der Waals surface area (Å²) >= 11 is 0. The van der Waals surface area contributed by atoms with E-state index < -0.39 is 0 Å². The van der Waals surface area contributed by atoms with E-state index in [1.165, 1.54) is 6.42 Å². The Labute approximate surface area is 68.6 Å². The molecule has 2 nitrogen and oxygen atoms in total. The van der Waals surface area contributed by atoms with E-state index in [9.17, 15) is 5.11 Å². The molecule has 2 heteroatoms. The van der Waals surface area contributed by atoms with E-state index in [4.69, 9.17) is 4.74 Å². The fourth-order valence-corrected chi connectivity index (χ4v) is 1.53. The lowest BCUT2D eigenvalue weighted by molar-refractivity contribution is 0.0344. The highest BCUT2D eigenvalue weighted by molar-refractivity contribution is 4.77. The summed E-state index contributed by atoms with van der Waals surface area (Å²) in [4.78, 5) is 0. The number of ether oxygens (including phenoxy) is 1. The van der Waals surface area contributed by atoms with Gasteiger partial charge in [0.15, 0.2) is 0 Å². The van der Waals surface area contributed by atoms with Crippen molar-refractivity contribution in [1.82, 2.24) is 0 Å². The summed E-state index contributed by atoms with van der Waals surface area (Å²) in [7, 11) is 1.72. The second-order valence-corrected chi connectivity index (χ2v) is 3.20. The first-order valence-corrected chi connectivity index (χ1v) is 4.35. The van der Waals surface area contributed by atoms with E-state index in [0.717, 1.165) is 25.7 Å². The van der Waals surface area contributed by atoms with Crippen LogP contribution >= 0.6 is 0 Å². The Balaban J connectivity index is 2.29. The molecule has 0 amide bonds. The molecule has 0 aliphatic heterocycles. The van der Waals surface area contributed by atoms with Gasteiger partial charge in [0, 0.05) is 7.11 Å². The molecule has 0 bridgehead atoms. The number of aliphatic hydroxyl groups excluding tert-OH is 1. The number of aliphatic hydroxyl groups is 1. The molecule has 0 aromatic carbocycles. The lowest BCUT2D eigenvalue weighted by Gasteiger charge is -2.21. The van der Waals surface area contributed by atoms with Crippen molar-refractivity contribution in [2.75, 3.05) is 7.11 Å². The van der Waals surface area contributed by atoms with Gasteiger partial charge in [-0.3, -0.25) is 0 Å². The van der Waals surface area contributed by atoms with Gasteiger partial charge in [0.1, 0.15) is 0 Å². The van der Waals surface area contributed by atoms with Crippen molar-refractivity contribution in [2.24, 2.45) is 0 Å². The number of rotatable bonds is 1. The molecule has 2 atom stereocenters. The molecule has 1 saturated carbocycles. The van der Waals surface area contributed by atoms with Crippen molar-refractivity contribution in [2.45, 2.75) is 44.3 Å². The minimum absolute atomic E-state index is 0.180. The quantitative estimate of drug-likeness (QED) is 0.625. The van der Waals surface area contributed by atoms with E-state index in [1.807, 2.05) is 0 Å². The molecular formula is C9H17O2. The van der Waals surface area contributed by atoms with Crippen molar-refractivity contribution in [3.63, 3.8) is 0 Å². The lowest BCUT2D eigenvalue weighted by atomic mass is 9.96. The molecule has 1 fully saturated rings. The van der Waals surface area contributed by atoms with Crippen LogP contribution in [0.3, 0.4) is 0 Å². The van der Waals surface area contributed by atoms with Gasteiger partial charge < -0.3 is 9.84 Å². The van der Waals surface area contributed by atoms with E-state index >= 15 is 0 Å². The molecule has 0 aromatic heterocycles. The average Bonchev–Trinajstić information content (AvgIpc) is 1.96. The van der Waals surface area contributed by atoms with E-state index in [2.05, 4.69) is 6.42 Å². The number of hydrogen-bond acceptors (Lipinski definition) is 2. The normalized spacial score (nSPS) is 34.4. The van der Waals surface area contributed by atoms with E-state index in [1.54, 1.807) is 7.11 Å². The molecule has 1 aliphatic rings. The molecule has 0 aromatic rings. The predicted octanol–water partition coefficient (Wildman–Crippen LogP) is 1.53. The van der Waals surface area contributed by atoms with Gasteiger partial charge in [0.2, 0.25) is 0 Å². The third-order valence-electron chi connectivity index (χ3n) is 2.24. The molecule has 2 unspecified atom stereocenters. The van der Waals surface area contributed by atoms with Crippen LogP contribution in [-0.4, -0.2) is 24.4 Å². The molecule has 1 rings (SSSR count). The third kappa shape index (κ3) is 3.21. The van der Waals surface area contributed by atoms with Gasteiger partial charge in [-0.15, -0.1) is 0 Å². The highest BCUT2D eigenvalue weighted by atomic mass is 16.5. The Morgan fingerprint density at radius 3 is 3.09 bits per heavy atom. The fraction of sp³-hybridized carbons (Fsp3) is 0.889. The summed E-state index contributed by atoms with van der Waals surface area (Å²) in [5.41, 5.74) is 0. The van der Waals surface area contributed by atoms with Crippen LogP contribution in [0.15, 0.2) is 0 Å². The second-order valence-electron chi connectivity index (χ2n) is 3.20. The minimum atomic E-state index is -0.180. The molecule has 1 N–H and O–H groups in total. The summed E-state index contributed by atoms with van der Waals surface area (Å²) in [6, 6.07) is 0. The molecule has 0 saturated heterocycles. The molecule has 1 radical (unpaired) electrons. The summed E-state index contributed by atoms with van der Waals surface area (Å²) < 4.78 is 5.22. The zero-order valence-corrected chi connectivity index (χ0v) is 7.12. The first kappa shape index (κ1) is 9.01. The average molecular weight is 157 g/mol. The zero-order valence-electron chi connectivity index (χ0n) is 7.12. The van der Waals surface area contributed by atoms with Crippen molar-refractivity contribution in [3.8, 4) is 0 Å². The monoisotopic (exact) mass is 157 g/mol. The van der Waals surface area contributed by atoms with Gasteiger partial charge in [-0.1, -0.05) is 6.42 Å². The number of hydrogen-bond donors (Lipinski definition) is 1. The van der Waals surface area contributed by atoms with Gasteiger partial charge in [-0.25, -0.2) is 0 Å². The third-order valence-corrected chi connectivity index (χ3v) is 2.24. The maximum Gasteiger partial charge on any atom is 0.0596 e. The summed E-state index contributed by atoms with van der Waals surface area (Å²) in [5.74, 6) is 0. The van der Waals surface area contributed by atoms with E-state index in [0.29, 0.717) is 0 Å². The van der Waals surface area contributed by atoms with Crippen molar-refractivity contribution < 1.29 is 9.84 Å². The molecule has 1 aliphatic carbocycles. The predicted molar refractivity (Wildman–Crippen MR) is 44.2 cm³/mol. The summed E-state index contributed by atoms with van der Waals surface area (Å²) in [5, 5.41) is 9.40. The van der Waals surface area contributed by atoms with Crippen molar-refractivity contribution in [3.05, 3.63) is 6.42 Å². The highest BCUT2D eigenvalue weighted by Crippen LogP contribution is 2.18. The van der Waals surface area contributed by atoms with Gasteiger partial charge in [0.25, 0.3) is 0 Å². The zero-order chi connectivity index (χ0) is 8.10. The van der Waals surface area contributed by atoms with Gasteiger partial charge in [-0.05, 0) is 32.1 Å². The molecule has 11 heavy (non-hydrogen) atoms. The summed E-state index contributed by atoms with van der Waals surface area (Å²) in [6.45, 7) is 0. The molecule has 0 spiro atoms. The Hall–Kier alpha value is -0.0800. The first-order chi connectivity index (χ1) is 5.33. The van der Waals surface area contributed by atoms with Crippen molar-refractivity contribution in [1.29, 1.82) is 0 Å². The molecule has 0 heterocycles. The SMILES string of the molecule is COC1CCC[CH]CC(O)C1. The fourth-order valence-electron chi connectivity index (χ4n) is 1.53. The van der Waals surface area contributed by atoms with Crippen molar-refractivity contribution >= 4 is 0 Å². The Kier molecular flexibility index (Phi) is 3.87. The van der Waals surface area contributed by atoms with Crippen LogP contribution in [0, 0.1) is 6.42 Å². The maximum atomic E-state index is 9.40. The van der Waals surface area contributed by atoms with Crippen LogP contribution in [0.25, 0.3) is 0 Å². The minimum Gasteiger partial charge on any atom is -0.393 e. The second kappa shape index (κ2) is 4.73. The van der Waals surface area contributed by atoms with E-state index in [-0.39, 0.29) is 12.2 Å². The maximum absolute atomic E-state index is 9.40. The number of methoxy groups -OCH3 is 1. The van der Waals surface area contributed by atoms with Crippen LogP contribution in [-0.2, 0) is 4.74 Å². The summed E-state index contributed by atoms with van der Waals surface area (Å²) in [6.07, 6.45) is 7.31. The Morgan fingerprint density at radius 2 is 2.36 bits per heavy atom. The standard InChI is InChI=1S/C9H17O2/c1-11-9-6-4-2-3-5-8(10)7-9/h3,8-10H,2,4-7H2,1H3. The van der Waals surface area contributed by atoms with Gasteiger partial charge >= 0.3 is 0 Å². The lowest BCUT2D eigenvalue weighted by Crippen LogP contribution is -2.21. The molecular weight excluding hydrogens is 140 g/mol.